The fraction of sp³-hybridized carbons (Fsp3) is 0.350. The number of hydrogen-bond donors (Lipinski definition) is 3. The third-order valence-corrected chi connectivity index (χ3v) is 4.82. The Balaban J connectivity index is 1.87. The minimum atomic E-state index is -4.05. The quantitative estimate of drug-likeness (QED) is 0.256. The molecule has 2 rings (SSSR count). The molecular weight excluding hydrogens is 415 g/mol. The van der Waals surface area contributed by atoms with Crippen LogP contribution < -0.4 is 15.8 Å². The summed E-state index contributed by atoms with van der Waals surface area (Å²) in [7, 11) is -4.05. The van der Waals surface area contributed by atoms with E-state index in [-0.39, 0.29) is 12.4 Å². The van der Waals surface area contributed by atoms with Crippen molar-refractivity contribution in [1.29, 1.82) is 0 Å². The molecule has 2 aromatic carbocycles. The normalized spacial score (nSPS) is 13.6. The van der Waals surface area contributed by atoms with Crippen molar-refractivity contribution in [2.45, 2.75) is 25.1 Å². The average Bonchev–Trinajstić information content (AvgIpc) is 2.69. The molecule has 0 aromatic heterocycles. The lowest BCUT2D eigenvalue weighted by Crippen LogP contribution is -2.60. The first-order valence-electron chi connectivity index (χ1n) is 9.17. The number of primary amides is 1. The molecule has 8 nitrogen and oxygen atoms in total. The fourth-order valence-corrected chi connectivity index (χ4v) is 3.39. The van der Waals surface area contributed by atoms with Gasteiger partial charge in [0.2, 0.25) is 5.72 Å². The zero-order valence-electron chi connectivity index (χ0n) is 16.5. The van der Waals surface area contributed by atoms with Crippen LogP contribution in [0.3, 0.4) is 0 Å². The van der Waals surface area contributed by atoms with Crippen LogP contribution in [0, 0.1) is 5.82 Å². The molecule has 1 unspecified atom stereocenters. The van der Waals surface area contributed by atoms with E-state index < -0.39 is 28.4 Å². The van der Waals surface area contributed by atoms with E-state index in [1.54, 1.807) is 42.5 Å². The van der Waals surface area contributed by atoms with Crippen molar-refractivity contribution in [2.75, 3.05) is 19.5 Å². The van der Waals surface area contributed by atoms with Gasteiger partial charge in [0.15, 0.2) is 0 Å². The number of ether oxygens (including phenoxy) is 1. The van der Waals surface area contributed by atoms with Crippen molar-refractivity contribution in [3.63, 3.8) is 0 Å². The number of nitrogens with two attached hydrogens (primary N) is 1. The molecular formula is C20H25FN2O6S. The number of aliphatic hydroxyl groups excluding tert-OH is 1. The molecule has 0 aliphatic carbocycles. The predicted molar refractivity (Wildman–Crippen MR) is 108 cm³/mol. The van der Waals surface area contributed by atoms with Crippen molar-refractivity contribution in [3.8, 4) is 5.75 Å². The van der Waals surface area contributed by atoms with Crippen molar-refractivity contribution in [2.24, 2.45) is 5.73 Å². The van der Waals surface area contributed by atoms with Crippen molar-refractivity contribution in [3.05, 3.63) is 65.5 Å². The maximum atomic E-state index is 13.6. The number of rotatable bonds is 12. The molecule has 1 atom stereocenters. The third-order valence-electron chi connectivity index (χ3n) is 4.23. The van der Waals surface area contributed by atoms with Crippen LogP contribution in [-0.2, 0) is 32.1 Å². The SMILES string of the molecule is CS(=O)(=O)OC(CO)(NCc1ccc(OCCCc2ccccc2F)cc1)C(N)=O. The molecule has 0 radical (unpaired) electrons. The second kappa shape index (κ2) is 10.5. The van der Waals surface area contributed by atoms with E-state index in [2.05, 4.69) is 9.50 Å². The van der Waals surface area contributed by atoms with Crippen LogP contribution in [0.2, 0.25) is 0 Å². The van der Waals surface area contributed by atoms with Gasteiger partial charge >= 0.3 is 0 Å². The average molecular weight is 440 g/mol. The van der Waals surface area contributed by atoms with Gasteiger partial charge in [-0.15, -0.1) is 0 Å². The highest BCUT2D eigenvalue weighted by atomic mass is 32.2. The Kier molecular flexibility index (Phi) is 8.30. The molecule has 0 saturated carbocycles. The van der Waals surface area contributed by atoms with E-state index in [1.165, 1.54) is 6.07 Å². The van der Waals surface area contributed by atoms with Crippen molar-refractivity contribution in [1.82, 2.24) is 5.32 Å². The van der Waals surface area contributed by atoms with Gasteiger partial charge in [-0.2, -0.15) is 8.42 Å². The molecule has 10 heteroatoms. The predicted octanol–water partition coefficient (Wildman–Crippen LogP) is 1.08. The first kappa shape index (κ1) is 23.7. The second-order valence-corrected chi connectivity index (χ2v) is 8.25. The number of nitrogens with one attached hydrogen (secondary N) is 1. The molecule has 0 aliphatic rings. The summed E-state index contributed by atoms with van der Waals surface area (Å²) in [6.45, 7) is -0.547. The monoisotopic (exact) mass is 440 g/mol. The summed E-state index contributed by atoms with van der Waals surface area (Å²) in [5.41, 5.74) is 4.26. The third kappa shape index (κ3) is 7.06. The molecule has 2 aromatic rings. The van der Waals surface area contributed by atoms with E-state index in [4.69, 9.17) is 10.5 Å². The highest BCUT2D eigenvalue weighted by Gasteiger charge is 2.40. The van der Waals surface area contributed by atoms with Gasteiger partial charge in [-0.1, -0.05) is 30.3 Å². The number of carbonyl (C=O) groups excluding carboxylic acids is 1. The van der Waals surface area contributed by atoms with Gasteiger partial charge in [-0.25, -0.2) is 8.57 Å². The van der Waals surface area contributed by atoms with Crippen LogP contribution in [0.25, 0.3) is 0 Å². The zero-order valence-corrected chi connectivity index (χ0v) is 17.3. The van der Waals surface area contributed by atoms with Gasteiger partial charge in [0.25, 0.3) is 16.0 Å². The summed E-state index contributed by atoms with van der Waals surface area (Å²) < 4.78 is 46.6. The zero-order chi connectivity index (χ0) is 22.2. The lowest BCUT2D eigenvalue weighted by atomic mass is 10.1. The Labute approximate surface area is 174 Å². The van der Waals surface area contributed by atoms with E-state index >= 15 is 0 Å². The summed E-state index contributed by atoms with van der Waals surface area (Å²) in [6, 6.07) is 13.4. The van der Waals surface area contributed by atoms with Crippen LogP contribution in [0.4, 0.5) is 4.39 Å². The highest BCUT2D eigenvalue weighted by molar-refractivity contribution is 7.86. The number of amides is 1. The highest BCUT2D eigenvalue weighted by Crippen LogP contribution is 2.16. The lowest BCUT2D eigenvalue weighted by molar-refractivity contribution is -0.140. The first-order chi connectivity index (χ1) is 14.1. The van der Waals surface area contributed by atoms with Crippen molar-refractivity contribution >= 4 is 16.0 Å². The number of aliphatic hydroxyl groups is 1. The molecule has 0 saturated heterocycles. The van der Waals surface area contributed by atoms with Crippen molar-refractivity contribution < 1.29 is 31.6 Å². The molecule has 0 fully saturated rings. The van der Waals surface area contributed by atoms with Gasteiger partial charge < -0.3 is 15.6 Å². The van der Waals surface area contributed by atoms with Gasteiger partial charge in [-0.3, -0.25) is 10.1 Å². The maximum absolute atomic E-state index is 13.6. The summed E-state index contributed by atoms with van der Waals surface area (Å²) in [5, 5.41) is 12.0. The molecule has 0 bridgehead atoms. The Morgan fingerprint density at radius 1 is 1.20 bits per heavy atom. The summed E-state index contributed by atoms with van der Waals surface area (Å²) >= 11 is 0. The number of hydrogen-bond acceptors (Lipinski definition) is 7. The van der Waals surface area contributed by atoms with Crippen LogP contribution in [-0.4, -0.2) is 44.6 Å². The van der Waals surface area contributed by atoms with E-state index in [0.29, 0.717) is 36.3 Å². The van der Waals surface area contributed by atoms with E-state index in [1.807, 2.05) is 0 Å². The van der Waals surface area contributed by atoms with Gasteiger partial charge in [-0.05, 0) is 42.2 Å². The molecule has 0 heterocycles. The lowest BCUT2D eigenvalue weighted by Gasteiger charge is -2.28. The molecule has 1 amide bonds. The Bertz CT molecular complexity index is 952. The largest absolute Gasteiger partial charge is 0.494 e. The van der Waals surface area contributed by atoms with E-state index in [0.717, 1.165) is 6.26 Å². The van der Waals surface area contributed by atoms with E-state index in [9.17, 15) is 22.7 Å². The van der Waals surface area contributed by atoms with Crippen LogP contribution in [0.1, 0.15) is 17.5 Å². The van der Waals surface area contributed by atoms with Gasteiger partial charge in [0.1, 0.15) is 11.6 Å². The summed E-state index contributed by atoms with van der Waals surface area (Å²) in [4.78, 5) is 11.6. The summed E-state index contributed by atoms with van der Waals surface area (Å²) in [6.07, 6.45) is 1.95. The molecule has 0 aliphatic heterocycles. The minimum Gasteiger partial charge on any atom is -0.494 e. The fourth-order valence-electron chi connectivity index (χ4n) is 2.68. The van der Waals surface area contributed by atoms with Crippen LogP contribution >= 0.6 is 0 Å². The van der Waals surface area contributed by atoms with Crippen LogP contribution in [0.15, 0.2) is 48.5 Å². The molecule has 164 valence electrons. The second-order valence-electron chi connectivity index (χ2n) is 6.68. The minimum absolute atomic E-state index is 0.00653. The Hall–Kier alpha value is -2.53. The van der Waals surface area contributed by atoms with Gasteiger partial charge in [0.05, 0.1) is 19.5 Å². The Morgan fingerprint density at radius 3 is 2.43 bits per heavy atom. The maximum Gasteiger partial charge on any atom is 0.268 e. The smallest absolute Gasteiger partial charge is 0.268 e. The standard InChI is InChI=1S/C20H25FN2O6S/c1-30(26,27)29-20(14-24,19(22)25)23-13-15-8-10-17(11-9-15)28-12-4-6-16-5-2-3-7-18(16)21/h2-3,5,7-11,23-24H,4,6,12-14H2,1H3,(H2,22,25). The Morgan fingerprint density at radius 2 is 1.87 bits per heavy atom. The number of benzene rings is 2. The molecule has 4 N–H and O–H groups in total. The summed E-state index contributed by atoms with van der Waals surface area (Å²) in [5.74, 6) is -0.794. The number of carbonyl (C=O) groups is 1. The molecule has 0 spiro atoms. The first-order valence-corrected chi connectivity index (χ1v) is 11.0. The topological polar surface area (TPSA) is 128 Å². The number of halogens is 1. The molecule has 30 heavy (non-hydrogen) atoms. The van der Waals surface area contributed by atoms with Gasteiger partial charge in [0, 0.05) is 6.54 Å². The van der Waals surface area contributed by atoms with Crippen LogP contribution in [0.5, 0.6) is 5.75 Å². The number of aryl methyl sites for hydroxylation is 1.